The van der Waals surface area contributed by atoms with E-state index in [1.165, 1.54) is 11.3 Å². The Bertz CT molecular complexity index is 486. The maximum Gasteiger partial charge on any atom is 0.307 e. The van der Waals surface area contributed by atoms with Crippen LogP contribution < -0.4 is 10.2 Å². The summed E-state index contributed by atoms with van der Waals surface area (Å²) in [6.07, 6.45) is 3.56. The Balaban J connectivity index is 2.18. The van der Waals surface area contributed by atoms with Gasteiger partial charge in [-0.1, -0.05) is 17.4 Å². The van der Waals surface area contributed by atoms with Gasteiger partial charge in [0.05, 0.1) is 6.54 Å². The van der Waals surface area contributed by atoms with Gasteiger partial charge in [0.25, 0.3) is 0 Å². The van der Waals surface area contributed by atoms with E-state index in [4.69, 9.17) is 0 Å². The van der Waals surface area contributed by atoms with Crippen LogP contribution in [0.3, 0.4) is 0 Å². The maximum atomic E-state index is 11.3. The van der Waals surface area contributed by atoms with Crippen molar-refractivity contribution in [2.45, 2.75) is 6.54 Å². The zero-order chi connectivity index (χ0) is 10.7. The first-order valence-electron chi connectivity index (χ1n) is 4.56. The summed E-state index contributed by atoms with van der Waals surface area (Å²) >= 11 is 1.21. The molecule has 15 heavy (non-hydrogen) atoms. The van der Waals surface area contributed by atoms with Crippen molar-refractivity contribution < 1.29 is 0 Å². The molecule has 4 nitrogen and oxygen atoms in total. The number of nitrogens with zero attached hydrogens (tertiary/aromatic N) is 2. The quantitative estimate of drug-likeness (QED) is 0.852. The first kappa shape index (κ1) is 9.92. The fraction of sp³-hybridized carbons (Fsp3) is 0.200. The number of pyridine rings is 1. The topological polar surface area (TPSA) is 46.9 Å². The van der Waals surface area contributed by atoms with Gasteiger partial charge in [-0.25, -0.2) is 4.98 Å². The molecule has 1 N–H and O–H groups in total. The Labute approximate surface area is 91.2 Å². The smallest absolute Gasteiger partial charge is 0.307 e. The summed E-state index contributed by atoms with van der Waals surface area (Å²) in [7, 11) is 1.82. The third-order valence-electron chi connectivity index (χ3n) is 2.08. The molecule has 2 heterocycles. The van der Waals surface area contributed by atoms with Gasteiger partial charge in [0.2, 0.25) is 0 Å². The number of thiazole rings is 1. The Morgan fingerprint density at radius 1 is 1.53 bits per heavy atom. The van der Waals surface area contributed by atoms with Gasteiger partial charge in [0.15, 0.2) is 0 Å². The molecule has 2 rings (SSSR count). The van der Waals surface area contributed by atoms with E-state index in [1.54, 1.807) is 22.3 Å². The minimum absolute atomic E-state index is 0.0627. The molecule has 0 amide bonds. The third kappa shape index (κ3) is 2.24. The third-order valence-corrected chi connectivity index (χ3v) is 2.77. The lowest BCUT2D eigenvalue weighted by atomic mass is 10.3. The van der Waals surface area contributed by atoms with Crippen LogP contribution in [0.5, 0.6) is 0 Å². The minimum Gasteiger partial charge on any atom is -0.373 e. The van der Waals surface area contributed by atoms with Crippen LogP contribution in [0.25, 0.3) is 0 Å². The van der Waals surface area contributed by atoms with Crippen molar-refractivity contribution >= 4 is 17.2 Å². The van der Waals surface area contributed by atoms with Crippen LogP contribution in [0.15, 0.2) is 34.7 Å². The van der Waals surface area contributed by atoms with E-state index in [-0.39, 0.29) is 4.87 Å². The predicted octanol–water partition coefficient (Wildman–Crippen LogP) is 1.39. The molecule has 0 bridgehead atoms. The molecular formula is C10H11N3OS. The second kappa shape index (κ2) is 4.27. The Hall–Kier alpha value is -1.62. The highest BCUT2D eigenvalue weighted by atomic mass is 32.1. The van der Waals surface area contributed by atoms with Gasteiger partial charge in [-0.2, -0.15) is 0 Å². The summed E-state index contributed by atoms with van der Waals surface area (Å²) in [5.41, 5.74) is 1.02. The molecule has 2 aromatic heterocycles. The van der Waals surface area contributed by atoms with Crippen molar-refractivity contribution in [1.82, 2.24) is 9.55 Å². The zero-order valence-electron chi connectivity index (χ0n) is 8.30. The molecule has 78 valence electrons. The van der Waals surface area contributed by atoms with E-state index in [0.717, 1.165) is 11.4 Å². The summed E-state index contributed by atoms with van der Waals surface area (Å²) in [6.45, 7) is 0.583. The summed E-state index contributed by atoms with van der Waals surface area (Å²) in [6, 6.07) is 3.86. The second-order valence-electron chi connectivity index (χ2n) is 3.10. The Morgan fingerprint density at radius 2 is 2.40 bits per heavy atom. The van der Waals surface area contributed by atoms with Crippen molar-refractivity contribution in [3.05, 3.63) is 45.1 Å². The Morgan fingerprint density at radius 3 is 2.93 bits per heavy atom. The highest BCUT2D eigenvalue weighted by molar-refractivity contribution is 7.07. The first-order chi connectivity index (χ1) is 7.29. The van der Waals surface area contributed by atoms with Crippen LogP contribution in [0.4, 0.5) is 5.82 Å². The highest BCUT2D eigenvalue weighted by Gasteiger charge is 1.99. The molecule has 0 fully saturated rings. The summed E-state index contributed by atoms with van der Waals surface area (Å²) in [5, 5.41) is 4.74. The van der Waals surface area contributed by atoms with E-state index < -0.39 is 0 Å². The Kier molecular flexibility index (Phi) is 2.82. The fourth-order valence-electron chi connectivity index (χ4n) is 1.27. The van der Waals surface area contributed by atoms with Crippen LogP contribution >= 0.6 is 11.3 Å². The molecule has 0 aliphatic carbocycles. The lowest BCUT2D eigenvalue weighted by Gasteiger charge is -2.02. The van der Waals surface area contributed by atoms with Gasteiger partial charge in [0, 0.05) is 24.8 Å². The van der Waals surface area contributed by atoms with Crippen LogP contribution in [0.1, 0.15) is 5.56 Å². The number of hydrogen-bond donors (Lipinski definition) is 1. The van der Waals surface area contributed by atoms with Gasteiger partial charge in [-0.3, -0.25) is 4.79 Å². The number of nitrogens with one attached hydrogen (secondary N) is 1. The average Bonchev–Trinajstić information content (AvgIpc) is 2.66. The van der Waals surface area contributed by atoms with Crippen LogP contribution in [-0.2, 0) is 6.54 Å². The summed E-state index contributed by atoms with van der Waals surface area (Å²) in [4.78, 5) is 15.5. The van der Waals surface area contributed by atoms with Crippen molar-refractivity contribution in [2.24, 2.45) is 0 Å². The van der Waals surface area contributed by atoms with E-state index in [9.17, 15) is 4.79 Å². The number of aromatic nitrogens is 2. The number of anilines is 1. The monoisotopic (exact) mass is 221 g/mol. The van der Waals surface area contributed by atoms with Crippen LogP contribution in [0.2, 0.25) is 0 Å². The van der Waals surface area contributed by atoms with E-state index in [2.05, 4.69) is 10.3 Å². The van der Waals surface area contributed by atoms with Crippen LogP contribution in [-0.4, -0.2) is 16.6 Å². The van der Waals surface area contributed by atoms with Gasteiger partial charge in [-0.05, 0) is 11.6 Å². The van der Waals surface area contributed by atoms with Crippen molar-refractivity contribution in [3.8, 4) is 0 Å². The molecule has 0 saturated carbocycles. The normalized spacial score (nSPS) is 10.2. The van der Waals surface area contributed by atoms with E-state index >= 15 is 0 Å². The SMILES string of the molecule is CNc1ccc(Cn2ccsc2=O)cn1. The highest BCUT2D eigenvalue weighted by Crippen LogP contribution is 2.05. The van der Waals surface area contributed by atoms with Crippen molar-refractivity contribution in [2.75, 3.05) is 12.4 Å². The molecule has 0 aliphatic heterocycles. The summed E-state index contributed by atoms with van der Waals surface area (Å²) < 4.78 is 1.67. The zero-order valence-corrected chi connectivity index (χ0v) is 9.12. The van der Waals surface area contributed by atoms with Gasteiger partial charge in [-0.15, -0.1) is 0 Å². The average molecular weight is 221 g/mol. The lowest BCUT2D eigenvalue weighted by molar-refractivity contribution is 0.780. The molecule has 0 spiro atoms. The van der Waals surface area contributed by atoms with Gasteiger partial charge in [0.1, 0.15) is 5.82 Å². The standard InChI is InChI=1S/C10H11N3OS/c1-11-9-3-2-8(6-12-9)7-13-4-5-15-10(13)14/h2-6H,7H2,1H3,(H,11,12). The molecule has 0 aliphatic rings. The van der Waals surface area contributed by atoms with Gasteiger partial charge < -0.3 is 9.88 Å². The molecule has 0 aromatic carbocycles. The molecular weight excluding hydrogens is 210 g/mol. The molecule has 2 aromatic rings. The molecule has 0 saturated heterocycles. The minimum atomic E-state index is 0.0627. The van der Waals surface area contributed by atoms with Crippen molar-refractivity contribution in [3.63, 3.8) is 0 Å². The lowest BCUT2D eigenvalue weighted by Crippen LogP contribution is -2.12. The maximum absolute atomic E-state index is 11.3. The van der Waals surface area contributed by atoms with Gasteiger partial charge >= 0.3 is 4.87 Å². The van der Waals surface area contributed by atoms with E-state index in [1.807, 2.05) is 19.2 Å². The molecule has 0 unspecified atom stereocenters. The number of rotatable bonds is 3. The largest absolute Gasteiger partial charge is 0.373 e. The molecule has 0 atom stereocenters. The van der Waals surface area contributed by atoms with E-state index in [0.29, 0.717) is 6.54 Å². The first-order valence-corrected chi connectivity index (χ1v) is 5.44. The molecule has 5 heteroatoms. The van der Waals surface area contributed by atoms with Crippen molar-refractivity contribution in [1.29, 1.82) is 0 Å². The second-order valence-corrected chi connectivity index (χ2v) is 3.96. The summed E-state index contributed by atoms with van der Waals surface area (Å²) in [5.74, 6) is 0.830. The predicted molar refractivity (Wildman–Crippen MR) is 61.5 cm³/mol. The van der Waals surface area contributed by atoms with Crippen LogP contribution in [0, 0.1) is 0 Å². The number of hydrogen-bond acceptors (Lipinski definition) is 4. The fourth-order valence-corrected chi connectivity index (χ4v) is 1.86. The molecule has 0 radical (unpaired) electrons.